The van der Waals surface area contributed by atoms with E-state index in [2.05, 4.69) is 47.4 Å². The Morgan fingerprint density at radius 1 is 1.26 bits per heavy atom. The summed E-state index contributed by atoms with van der Waals surface area (Å²) in [7, 11) is 0. The van der Waals surface area contributed by atoms with Crippen LogP contribution in [0.2, 0.25) is 0 Å². The van der Waals surface area contributed by atoms with Crippen molar-refractivity contribution in [3.05, 3.63) is 53.3 Å². The van der Waals surface area contributed by atoms with E-state index in [9.17, 15) is 4.79 Å². The summed E-state index contributed by atoms with van der Waals surface area (Å²) in [4.78, 5) is 15.1. The number of likely N-dealkylation sites (tertiary alicyclic amines) is 1. The van der Waals surface area contributed by atoms with Gasteiger partial charge in [-0.2, -0.15) is 5.10 Å². The van der Waals surface area contributed by atoms with Crippen molar-refractivity contribution in [2.75, 3.05) is 13.1 Å². The normalized spacial score (nSPS) is 23.8. The molecule has 0 N–H and O–H groups in total. The Bertz CT molecular complexity index is 721. The fraction of sp³-hybridized carbons (Fsp3) is 0.474. The molecule has 0 radical (unpaired) electrons. The van der Waals surface area contributed by atoms with Gasteiger partial charge in [0.05, 0.1) is 18.2 Å². The van der Waals surface area contributed by atoms with E-state index in [4.69, 9.17) is 0 Å². The van der Waals surface area contributed by atoms with Crippen LogP contribution < -0.4 is 0 Å². The van der Waals surface area contributed by atoms with Crippen molar-refractivity contribution >= 4 is 5.91 Å². The Labute approximate surface area is 137 Å². The number of benzene rings is 1. The maximum absolute atomic E-state index is 13.0. The van der Waals surface area contributed by atoms with Gasteiger partial charge < -0.3 is 4.90 Å². The molecule has 2 aliphatic rings. The topological polar surface area (TPSA) is 38.1 Å². The molecular weight excluding hydrogens is 286 g/mol. The quantitative estimate of drug-likeness (QED) is 0.855. The van der Waals surface area contributed by atoms with Gasteiger partial charge in [0.1, 0.15) is 0 Å². The van der Waals surface area contributed by atoms with Crippen LogP contribution in [0.3, 0.4) is 0 Å². The van der Waals surface area contributed by atoms with Crippen molar-refractivity contribution < 1.29 is 4.79 Å². The Kier molecular flexibility index (Phi) is 3.68. The minimum absolute atomic E-state index is 0.0595. The third-order valence-electron chi connectivity index (χ3n) is 5.24. The monoisotopic (exact) mass is 309 g/mol. The molecule has 2 heterocycles. The zero-order chi connectivity index (χ0) is 15.8. The number of carbonyl (C=O) groups excluding carboxylic acids is 1. The maximum Gasteiger partial charge on any atom is 0.230 e. The fourth-order valence-electron chi connectivity index (χ4n) is 4.04. The first-order valence-electron chi connectivity index (χ1n) is 8.60. The summed E-state index contributed by atoms with van der Waals surface area (Å²) in [6.07, 6.45) is 8.13. The second-order valence-electron chi connectivity index (χ2n) is 6.87. The molecule has 1 saturated heterocycles. The van der Waals surface area contributed by atoms with Gasteiger partial charge in [0.15, 0.2) is 0 Å². The molecule has 0 spiro atoms. The molecule has 1 fully saturated rings. The number of rotatable bonds is 2. The average molecular weight is 309 g/mol. The maximum atomic E-state index is 13.0. The zero-order valence-electron chi connectivity index (χ0n) is 13.6. The minimum Gasteiger partial charge on any atom is -0.340 e. The molecule has 1 aromatic heterocycles. The molecule has 4 rings (SSSR count). The van der Waals surface area contributed by atoms with Gasteiger partial charge in [0.25, 0.3) is 0 Å². The molecule has 1 aromatic carbocycles. The largest absolute Gasteiger partial charge is 0.340 e. The predicted molar refractivity (Wildman–Crippen MR) is 89.3 cm³/mol. The van der Waals surface area contributed by atoms with Crippen molar-refractivity contribution in [1.29, 1.82) is 0 Å². The summed E-state index contributed by atoms with van der Waals surface area (Å²) in [6, 6.07) is 8.73. The van der Waals surface area contributed by atoms with E-state index < -0.39 is 0 Å². The van der Waals surface area contributed by atoms with Crippen LogP contribution in [0, 0.1) is 6.92 Å². The number of hydrogen-bond acceptors (Lipinski definition) is 2. The summed E-state index contributed by atoms with van der Waals surface area (Å²) in [5.41, 5.74) is 3.77. The van der Waals surface area contributed by atoms with E-state index in [1.165, 1.54) is 16.7 Å². The first-order chi connectivity index (χ1) is 11.2. The van der Waals surface area contributed by atoms with Gasteiger partial charge in [-0.1, -0.05) is 24.3 Å². The van der Waals surface area contributed by atoms with Crippen LogP contribution in [0.15, 0.2) is 36.7 Å². The van der Waals surface area contributed by atoms with E-state index in [-0.39, 0.29) is 5.92 Å². The number of fused-ring (bicyclic) bond motifs is 1. The van der Waals surface area contributed by atoms with Gasteiger partial charge in [-0.15, -0.1) is 0 Å². The van der Waals surface area contributed by atoms with Crippen LogP contribution in [-0.2, 0) is 11.2 Å². The second kappa shape index (κ2) is 5.84. The summed E-state index contributed by atoms with van der Waals surface area (Å²) in [6.45, 7) is 3.73. The van der Waals surface area contributed by atoms with E-state index in [0.717, 1.165) is 38.8 Å². The highest BCUT2D eigenvalue weighted by molar-refractivity contribution is 5.85. The first kappa shape index (κ1) is 14.5. The molecule has 120 valence electrons. The zero-order valence-corrected chi connectivity index (χ0v) is 13.6. The summed E-state index contributed by atoms with van der Waals surface area (Å²) >= 11 is 0. The number of carbonyl (C=O) groups is 1. The van der Waals surface area contributed by atoms with Gasteiger partial charge in [-0.05, 0) is 49.3 Å². The van der Waals surface area contributed by atoms with Crippen LogP contribution in [0.4, 0.5) is 0 Å². The first-order valence-corrected chi connectivity index (χ1v) is 8.60. The molecule has 1 aliphatic heterocycles. The lowest BCUT2D eigenvalue weighted by atomic mass is 9.97. The molecule has 23 heavy (non-hydrogen) atoms. The lowest BCUT2D eigenvalue weighted by molar-refractivity contribution is -0.134. The van der Waals surface area contributed by atoms with Crippen LogP contribution in [0.1, 0.15) is 47.9 Å². The molecule has 1 aliphatic carbocycles. The molecule has 2 atom stereocenters. The number of amides is 1. The van der Waals surface area contributed by atoms with Gasteiger partial charge in [-0.3, -0.25) is 9.48 Å². The highest BCUT2D eigenvalue weighted by atomic mass is 16.2. The molecular formula is C19H23N3O. The van der Waals surface area contributed by atoms with Crippen molar-refractivity contribution in [3.8, 4) is 0 Å². The van der Waals surface area contributed by atoms with Crippen LogP contribution >= 0.6 is 0 Å². The Morgan fingerprint density at radius 3 is 2.96 bits per heavy atom. The molecule has 0 saturated carbocycles. The van der Waals surface area contributed by atoms with E-state index in [0.29, 0.717) is 11.9 Å². The lowest BCUT2D eigenvalue weighted by Crippen LogP contribution is -2.42. The van der Waals surface area contributed by atoms with Crippen molar-refractivity contribution in [2.24, 2.45) is 0 Å². The van der Waals surface area contributed by atoms with Crippen LogP contribution in [0.5, 0.6) is 0 Å². The van der Waals surface area contributed by atoms with E-state index in [1.54, 1.807) is 0 Å². The number of aromatic nitrogens is 2. The third kappa shape index (κ3) is 2.67. The average Bonchev–Trinajstić information content (AvgIpc) is 3.20. The smallest absolute Gasteiger partial charge is 0.230 e. The fourth-order valence-corrected chi connectivity index (χ4v) is 4.04. The third-order valence-corrected chi connectivity index (χ3v) is 5.24. The van der Waals surface area contributed by atoms with Gasteiger partial charge in [0.2, 0.25) is 5.91 Å². The molecule has 4 nitrogen and oxygen atoms in total. The van der Waals surface area contributed by atoms with Crippen molar-refractivity contribution in [3.63, 3.8) is 0 Å². The second-order valence-corrected chi connectivity index (χ2v) is 6.87. The van der Waals surface area contributed by atoms with Crippen LogP contribution in [-0.4, -0.2) is 33.7 Å². The number of piperidine rings is 1. The van der Waals surface area contributed by atoms with Crippen molar-refractivity contribution in [2.45, 2.75) is 44.6 Å². The molecule has 4 heteroatoms. The van der Waals surface area contributed by atoms with Gasteiger partial charge >= 0.3 is 0 Å². The highest BCUT2D eigenvalue weighted by Crippen LogP contribution is 2.35. The predicted octanol–water partition coefficient (Wildman–Crippen LogP) is 3.09. The van der Waals surface area contributed by atoms with Gasteiger partial charge in [0, 0.05) is 19.3 Å². The molecule has 2 aromatic rings. The van der Waals surface area contributed by atoms with Gasteiger partial charge in [-0.25, -0.2) is 0 Å². The lowest BCUT2D eigenvalue weighted by Gasteiger charge is -2.34. The minimum atomic E-state index is 0.0595. The Balaban J connectivity index is 1.51. The summed E-state index contributed by atoms with van der Waals surface area (Å²) < 4.78 is 2.04. The Hall–Kier alpha value is -2.10. The van der Waals surface area contributed by atoms with Crippen molar-refractivity contribution in [1.82, 2.24) is 14.7 Å². The standard InChI is InChI=1S/C19H23N3O/c1-14-11-20-22(12-14)16-6-4-10-21(13-16)19(23)18-9-8-15-5-2-3-7-17(15)18/h2-3,5,7,11-12,16,18H,4,6,8-10,13H2,1H3/t16-,18-/m1/s1. The molecule has 0 unspecified atom stereocenters. The van der Waals surface area contributed by atoms with E-state index in [1.807, 2.05) is 10.9 Å². The summed E-state index contributed by atoms with van der Waals surface area (Å²) in [5, 5.41) is 4.45. The summed E-state index contributed by atoms with van der Waals surface area (Å²) in [5.74, 6) is 0.368. The van der Waals surface area contributed by atoms with E-state index >= 15 is 0 Å². The molecule has 1 amide bonds. The number of hydrogen-bond donors (Lipinski definition) is 0. The SMILES string of the molecule is Cc1cnn([C@@H]2CCCN(C(=O)[C@@H]3CCc4ccccc43)C2)c1. The Morgan fingerprint density at radius 2 is 2.13 bits per heavy atom. The highest BCUT2D eigenvalue weighted by Gasteiger charge is 2.34. The molecule has 0 bridgehead atoms. The van der Waals surface area contributed by atoms with Crippen LogP contribution in [0.25, 0.3) is 0 Å². The number of aryl methyl sites for hydroxylation is 2. The number of nitrogens with zero attached hydrogens (tertiary/aromatic N) is 3.